The van der Waals surface area contributed by atoms with E-state index in [1.165, 1.54) is 12.1 Å². The van der Waals surface area contributed by atoms with Crippen LogP contribution in [0.5, 0.6) is 0 Å². The number of aryl methyl sites for hydroxylation is 1. The molecule has 7 heteroatoms. The Morgan fingerprint density at radius 3 is 2.67 bits per heavy atom. The monoisotopic (exact) mass is 348 g/mol. The van der Waals surface area contributed by atoms with Crippen molar-refractivity contribution in [3.63, 3.8) is 0 Å². The van der Waals surface area contributed by atoms with Gasteiger partial charge in [-0.25, -0.2) is 17.5 Å². The molecule has 0 atom stereocenters. The lowest BCUT2D eigenvalue weighted by atomic mass is 10.1. The third kappa shape index (κ3) is 3.05. The van der Waals surface area contributed by atoms with Gasteiger partial charge in [-0.1, -0.05) is 12.1 Å². The molecule has 1 aliphatic rings. The van der Waals surface area contributed by atoms with Gasteiger partial charge in [0.1, 0.15) is 5.82 Å². The van der Waals surface area contributed by atoms with Crippen molar-refractivity contribution in [2.75, 3.05) is 11.9 Å². The van der Waals surface area contributed by atoms with E-state index < -0.39 is 15.8 Å². The van der Waals surface area contributed by atoms with Crippen LogP contribution in [0.3, 0.4) is 0 Å². The molecule has 126 valence electrons. The van der Waals surface area contributed by atoms with Gasteiger partial charge in [0.15, 0.2) is 0 Å². The normalized spacial score (nSPS) is 14.1. The van der Waals surface area contributed by atoms with Crippen molar-refractivity contribution in [2.45, 2.75) is 24.8 Å². The van der Waals surface area contributed by atoms with E-state index in [4.69, 9.17) is 0 Å². The lowest BCUT2D eigenvalue weighted by Crippen LogP contribution is -2.24. The summed E-state index contributed by atoms with van der Waals surface area (Å²) in [6, 6.07) is 8.99. The molecule has 1 aliphatic heterocycles. The highest BCUT2D eigenvalue weighted by molar-refractivity contribution is 7.89. The van der Waals surface area contributed by atoms with Gasteiger partial charge in [-0.3, -0.25) is 4.79 Å². The lowest BCUT2D eigenvalue weighted by Gasteiger charge is -2.12. The number of anilines is 1. The first-order valence-electron chi connectivity index (χ1n) is 7.42. The maximum absolute atomic E-state index is 13.1. The van der Waals surface area contributed by atoms with Crippen molar-refractivity contribution in [1.82, 2.24) is 4.72 Å². The van der Waals surface area contributed by atoms with Crippen molar-refractivity contribution in [1.29, 1.82) is 0 Å². The molecule has 0 bridgehead atoms. The molecule has 0 fully saturated rings. The summed E-state index contributed by atoms with van der Waals surface area (Å²) < 4.78 is 40.4. The fourth-order valence-electron chi connectivity index (χ4n) is 2.80. The molecule has 0 saturated heterocycles. The quantitative estimate of drug-likeness (QED) is 0.920. The molecule has 24 heavy (non-hydrogen) atoms. The van der Waals surface area contributed by atoms with E-state index in [-0.39, 0.29) is 17.3 Å². The molecule has 2 aromatic carbocycles. The Labute approximate surface area is 140 Å². The summed E-state index contributed by atoms with van der Waals surface area (Å²) >= 11 is 0. The highest BCUT2D eigenvalue weighted by Gasteiger charge is 2.24. The zero-order valence-electron chi connectivity index (χ0n) is 13.3. The van der Waals surface area contributed by atoms with Crippen molar-refractivity contribution in [2.24, 2.45) is 0 Å². The van der Waals surface area contributed by atoms with Crippen molar-refractivity contribution in [3.8, 4) is 0 Å². The first-order chi connectivity index (χ1) is 11.3. The van der Waals surface area contributed by atoms with E-state index in [9.17, 15) is 17.6 Å². The van der Waals surface area contributed by atoms with Crippen LogP contribution in [0.25, 0.3) is 0 Å². The lowest BCUT2D eigenvalue weighted by molar-refractivity contribution is -0.117. The maximum Gasteiger partial charge on any atom is 0.241 e. The largest absolute Gasteiger partial charge is 0.315 e. The second-order valence-electron chi connectivity index (χ2n) is 5.83. The summed E-state index contributed by atoms with van der Waals surface area (Å²) in [5.41, 5.74) is 2.85. The number of carbonyl (C=O) groups is 1. The van der Waals surface area contributed by atoms with Crippen LogP contribution >= 0.6 is 0 Å². The number of halogens is 1. The van der Waals surface area contributed by atoms with Gasteiger partial charge in [-0.05, 0) is 47.9 Å². The zero-order chi connectivity index (χ0) is 17.5. The van der Waals surface area contributed by atoms with Gasteiger partial charge >= 0.3 is 0 Å². The van der Waals surface area contributed by atoms with Gasteiger partial charge in [0.2, 0.25) is 15.9 Å². The number of carbonyl (C=O) groups excluding carboxylic acids is 1. The van der Waals surface area contributed by atoms with E-state index in [1.807, 2.05) is 12.1 Å². The number of sulfonamides is 1. The third-order valence-corrected chi connectivity index (χ3v) is 5.68. The molecule has 0 spiro atoms. The summed E-state index contributed by atoms with van der Waals surface area (Å²) in [4.78, 5) is 13.3. The Morgan fingerprint density at radius 2 is 1.96 bits per heavy atom. The smallest absolute Gasteiger partial charge is 0.241 e. The topological polar surface area (TPSA) is 66.5 Å². The number of hydrogen-bond acceptors (Lipinski definition) is 3. The number of rotatable bonds is 4. The number of nitrogens with zero attached hydrogens (tertiary/aromatic N) is 1. The zero-order valence-corrected chi connectivity index (χ0v) is 14.2. The van der Waals surface area contributed by atoms with Crippen LogP contribution < -0.4 is 9.62 Å². The molecule has 2 aromatic rings. The van der Waals surface area contributed by atoms with Gasteiger partial charge in [-0.2, -0.15) is 0 Å². The number of nitrogens with one attached hydrogen (secondary N) is 1. The number of hydrogen-bond donors (Lipinski definition) is 1. The fraction of sp³-hybridized carbons (Fsp3) is 0.235. The molecule has 1 amide bonds. The predicted octanol–water partition coefficient (Wildman–Crippen LogP) is 2.13. The minimum atomic E-state index is -3.74. The van der Waals surface area contributed by atoms with Crippen LogP contribution in [-0.2, 0) is 27.8 Å². The van der Waals surface area contributed by atoms with Crippen LogP contribution in [0, 0.1) is 12.7 Å². The average Bonchev–Trinajstić information content (AvgIpc) is 2.79. The van der Waals surface area contributed by atoms with Gasteiger partial charge in [0.05, 0.1) is 11.3 Å². The van der Waals surface area contributed by atoms with E-state index in [0.717, 1.165) is 22.9 Å². The van der Waals surface area contributed by atoms with Crippen LogP contribution in [-0.4, -0.2) is 21.4 Å². The Morgan fingerprint density at radius 1 is 1.21 bits per heavy atom. The number of benzene rings is 2. The Hall–Kier alpha value is -2.25. The third-order valence-electron chi connectivity index (χ3n) is 4.11. The number of fused-ring (bicyclic) bond motifs is 1. The molecule has 1 heterocycles. The Bertz CT molecular complexity index is 925. The van der Waals surface area contributed by atoms with Crippen LogP contribution in [0.4, 0.5) is 10.1 Å². The maximum atomic E-state index is 13.1. The fourth-order valence-corrected chi connectivity index (χ4v) is 4.05. The summed E-state index contributed by atoms with van der Waals surface area (Å²) in [6.07, 6.45) is 0.323. The Kier molecular flexibility index (Phi) is 4.15. The van der Waals surface area contributed by atoms with Gasteiger partial charge in [-0.15, -0.1) is 0 Å². The predicted molar refractivity (Wildman–Crippen MR) is 88.7 cm³/mol. The molecular weight excluding hydrogens is 331 g/mol. The van der Waals surface area contributed by atoms with E-state index in [0.29, 0.717) is 12.0 Å². The van der Waals surface area contributed by atoms with Gasteiger partial charge < -0.3 is 4.90 Å². The van der Waals surface area contributed by atoms with E-state index in [1.54, 1.807) is 24.9 Å². The second-order valence-corrected chi connectivity index (χ2v) is 7.56. The Balaban J connectivity index is 1.78. The van der Waals surface area contributed by atoms with Crippen LogP contribution in [0.15, 0.2) is 41.3 Å². The SMILES string of the molecule is Cc1cc(F)ccc1S(=O)(=O)NCc1ccc2c(c1)CC(=O)N2C. The van der Waals surface area contributed by atoms with Crippen LogP contribution in [0.2, 0.25) is 0 Å². The molecular formula is C17H17FN2O3S. The van der Waals surface area contributed by atoms with E-state index >= 15 is 0 Å². The summed E-state index contributed by atoms with van der Waals surface area (Å²) in [7, 11) is -2.02. The van der Waals surface area contributed by atoms with Gasteiger partial charge in [0, 0.05) is 19.3 Å². The van der Waals surface area contributed by atoms with Crippen molar-refractivity contribution < 1.29 is 17.6 Å². The molecule has 0 unspecified atom stereocenters. The van der Waals surface area contributed by atoms with Crippen LogP contribution in [0.1, 0.15) is 16.7 Å². The highest BCUT2D eigenvalue weighted by atomic mass is 32.2. The average molecular weight is 348 g/mol. The van der Waals surface area contributed by atoms with Crippen molar-refractivity contribution in [3.05, 3.63) is 58.9 Å². The first kappa shape index (κ1) is 16.6. The molecule has 0 aliphatic carbocycles. The molecule has 3 rings (SSSR count). The van der Waals surface area contributed by atoms with Gasteiger partial charge in [0.25, 0.3) is 0 Å². The standard InChI is InChI=1S/C17H17FN2O3S/c1-11-7-14(18)4-6-16(11)24(22,23)19-10-12-3-5-15-13(8-12)9-17(21)20(15)2/h3-8,19H,9-10H2,1-2H3. The molecule has 0 aromatic heterocycles. The van der Waals surface area contributed by atoms with E-state index in [2.05, 4.69) is 4.72 Å². The number of amides is 1. The minimum Gasteiger partial charge on any atom is -0.315 e. The summed E-state index contributed by atoms with van der Waals surface area (Å²) in [5.74, 6) is -0.455. The first-order valence-corrected chi connectivity index (χ1v) is 8.90. The second kappa shape index (κ2) is 5.99. The summed E-state index contributed by atoms with van der Waals surface area (Å²) in [6.45, 7) is 1.65. The number of likely N-dealkylation sites (N-methyl/N-ethyl adjacent to an activating group) is 1. The molecule has 0 saturated carbocycles. The summed E-state index contributed by atoms with van der Waals surface area (Å²) in [5, 5.41) is 0. The molecule has 5 nitrogen and oxygen atoms in total. The minimum absolute atomic E-state index is 0.0182. The molecule has 0 radical (unpaired) electrons. The van der Waals surface area contributed by atoms with Crippen molar-refractivity contribution >= 4 is 21.6 Å². The molecule has 1 N–H and O–H groups in total. The highest BCUT2D eigenvalue weighted by Crippen LogP contribution is 2.28.